The van der Waals surface area contributed by atoms with Gasteiger partial charge in [-0.1, -0.05) is 6.07 Å². The van der Waals surface area contributed by atoms with Gasteiger partial charge >= 0.3 is 0 Å². The number of nitrogens with two attached hydrogens (primary N) is 1. The Morgan fingerprint density at radius 3 is 2.50 bits per heavy atom. The summed E-state index contributed by atoms with van der Waals surface area (Å²) < 4.78 is 26.9. The van der Waals surface area contributed by atoms with E-state index in [-0.39, 0.29) is 6.42 Å². The van der Waals surface area contributed by atoms with Crippen LogP contribution in [0.1, 0.15) is 31.2 Å². The van der Waals surface area contributed by atoms with Crippen molar-refractivity contribution in [1.29, 1.82) is 0 Å². The Hall–Kier alpha value is -1.23. The molecule has 0 bridgehead atoms. The molecule has 2 N–H and O–H groups in total. The lowest BCUT2D eigenvalue weighted by Gasteiger charge is -2.30. The van der Waals surface area contributed by atoms with Gasteiger partial charge in [0.1, 0.15) is 11.4 Å². The van der Waals surface area contributed by atoms with E-state index in [4.69, 9.17) is 5.73 Å². The van der Waals surface area contributed by atoms with Crippen molar-refractivity contribution in [2.24, 2.45) is 5.73 Å². The third-order valence-corrected chi connectivity index (χ3v) is 3.95. The molecule has 18 heavy (non-hydrogen) atoms. The quantitative estimate of drug-likeness (QED) is 0.879. The van der Waals surface area contributed by atoms with E-state index in [1.165, 1.54) is 6.42 Å². The summed E-state index contributed by atoms with van der Waals surface area (Å²) in [7, 11) is 0. The molecule has 1 aliphatic carbocycles. The van der Waals surface area contributed by atoms with Gasteiger partial charge in [-0.15, -0.1) is 0 Å². The van der Waals surface area contributed by atoms with E-state index in [1.54, 1.807) is 18.3 Å². The molecule has 98 valence electrons. The highest BCUT2D eigenvalue weighted by Gasteiger charge is 2.70. The second kappa shape index (κ2) is 3.88. The van der Waals surface area contributed by atoms with Crippen molar-refractivity contribution in [2.45, 2.75) is 37.1 Å². The summed E-state index contributed by atoms with van der Waals surface area (Å²) in [5.41, 5.74) is 4.83. The Bertz CT molecular complexity index is 457. The van der Waals surface area contributed by atoms with E-state index in [0.29, 0.717) is 11.4 Å². The number of alkyl halides is 2. The zero-order chi connectivity index (χ0) is 12.8. The van der Waals surface area contributed by atoms with Gasteiger partial charge in [0, 0.05) is 31.3 Å². The van der Waals surface area contributed by atoms with Crippen LogP contribution in [0.4, 0.5) is 14.6 Å². The van der Waals surface area contributed by atoms with Crippen LogP contribution < -0.4 is 10.6 Å². The molecule has 1 aliphatic heterocycles. The maximum atomic E-state index is 13.4. The molecule has 0 amide bonds. The van der Waals surface area contributed by atoms with Crippen molar-refractivity contribution in [1.82, 2.24) is 4.98 Å². The molecular weight excluding hydrogens is 236 g/mol. The number of hydrogen-bond donors (Lipinski definition) is 1. The average molecular weight is 253 g/mol. The fourth-order valence-electron chi connectivity index (χ4n) is 2.70. The van der Waals surface area contributed by atoms with Crippen molar-refractivity contribution in [3.05, 3.63) is 23.9 Å². The molecule has 2 heterocycles. The third kappa shape index (κ3) is 1.68. The van der Waals surface area contributed by atoms with Crippen LogP contribution in [0.5, 0.6) is 0 Å². The second-order valence-corrected chi connectivity index (χ2v) is 5.27. The first-order valence-electron chi connectivity index (χ1n) is 6.42. The van der Waals surface area contributed by atoms with Gasteiger partial charge in [0.25, 0.3) is 5.92 Å². The lowest BCUT2D eigenvalue weighted by Crippen LogP contribution is -2.35. The van der Waals surface area contributed by atoms with Gasteiger partial charge in [0.05, 0.1) is 0 Å². The summed E-state index contributed by atoms with van der Waals surface area (Å²) in [6.45, 7) is 1.76. The van der Waals surface area contributed by atoms with Crippen molar-refractivity contribution >= 4 is 5.82 Å². The van der Waals surface area contributed by atoms with Crippen LogP contribution >= 0.6 is 0 Å². The zero-order valence-electron chi connectivity index (χ0n) is 10.2. The van der Waals surface area contributed by atoms with Gasteiger partial charge in [-0.3, -0.25) is 0 Å². The number of hydrogen-bond acceptors (Lipinski definition) is 3. The number of anilines is 1. The second-order valence-electron chi connectivity index (χ2n) is 5.27. The van der Waals surface area contributed by atoms with Gasteiger partial charge in [-0.05, 0) is 25.3 Å². The molecule has 1 saturated carbocycles. The maximum absolute atomic E-state index is 13.4. The molecule has 0 radical (unpaired) electrons. The molecule has 5 heteroatoms. The van der Waals surface area contributed by atoms with Crippen molar-refractivity contribution < 1.29 is 8.78 Å². The molecule has 2 aliphatic rings. The molecule has 1 atom stereocenters. The SMILES string of the molecule is NC1(c2cccnc2N2CCCCC2)CC1(F)F. The molecule has 0 aromatic carbocycles. The Morgan fingerprint density at radius 1 is 1.22 bits per heavy atom. The van der Waals surface area contributed by atoms with Crippen molar-refractivity contribution in [3.63, 3.8) is 0 Å². The molecular formula is C13H17F2N3. The molecule has 1 unspecified atom stereocenters. The Kier molecular flexibility index (Phi) is 2.55. The summed E-state index contributed by atoms with van der Waals surface area (Å²) in [6.07, 6.45) is 4.75. The van der Waals surface area contributed by atoms with Gasteiger partial charge in [0.2, 0.25) is 0 Å². The summed E-state index contributed by atoms with van der Waals surface area (Å²) >= 11 is 0. The van der Waals surface area contributed by atoms with E-state index >= 15 is 0 Å². The van der Waals surface area contributed by atoms with E-state index in [1.807, 2.05) is 0 Å². The number of rotatable bonds is 2. The van der Waals surface area contributed by atoms with Crippen LogP contribution in [-0.2, 0) is 5.54 Å². The summed E-state index contributed by atoms with van der Waals surface area (Å²) in [4.78, 5) is 6.37. The highest BCUT2D eigenvalue weighted by molar-refractivity contribution is 5.54. The minimum Gasteiger partial charge on any atom is -0.356 e. The lowest BCUT2D eigenvalue weighted by atomic mass is 10.0. The maximum Gasteiger partial charge on any atom is 0.272 e. The minimum atomic E-state index is -2.79. The Morgan fingerprint density at radius 2 is 1.89 bits per heavy atom. The van der Waals surface area contributed by atoms with Gasteiger partial charge in [0.15, 0.2) is 0 Å². The number of piperidine rings is 1. The number of nitrogens with zero attached hydrogens (tertiary/aromatic N) is 2. The zero-order valence-corrected chi connectivity index (χ0v) is 10.2. The van der Waals surface area contributed by atoms with Crippen LogP contribution in [0.3, 0.4) is 0 Å². The monoisotopic (exact) mass is 253 g/mol. The standard InChI is InChI=1S/C13H17F2N3/c14-13(15)9-12(13,16)10-5-4-6-17-11(10)18-7-2-1-3-8-18/h4-6H,1-3,7-9,16H2. The Balaban J connectivity index is 1.96. The molecule has 2 fully saturated rings. The largest absolute Gasteiger partial charge is 0.356 e. The first-order chi connectivity index (χ1) is 8.55. The normalized spacial score (nSPS) is 30.3. The first kappa shape index (κ1) is 11.8. The fraction of sp³-hybridized carbons (Fsp3) is 0.615. The topological polar surface area (TPSA) is 42.1 Å². The van der Waals surface area contributed by atoms with E-state index < -0.39 is 11.5 Å². The minimum absolute atomic E-state index is 0.271. The summed E-state index contributed by atoms with van der Waals surface area (Å²) in [5, 5.41) is 0. The Labute approximate surface area is 105 Å². The highest BCUT2D eigenvalue weighted by Crippen LogP contribution is 2.59. The number of halogens is 2. The average Bonchev–Trinajstić information content (AvgIpc) is 2.91. The van der Waals surface area contributed by atoms with Crippen LogP contribution in [0.2, 0.25) is 0 Å². The van der Waals surface area contributed by atoms with E-state index in [2.05, 4.69) is 9.88 Å². The molecule has 3 nitrogen and oxygen atoms in total. The predicted octanol–water partition coefficient (Wildman–Crippen LogP) is 2.26. The van der Waals surface area contributed by atoms with E-state index in [0.717, 1.165) is 25.9 Å². The number of pyridine rings is 1. The van der Waals surface area contributed by atoms with Gasteiger partial charge in [-0.2, -0.15) is 0 Å². The smallest absolute Gasteiger partial charge is 0.272 e. The summed E-state index contributed by atoms with van der Waals surface area (Å²) in [5.74, 6) is -2.14. The van der Waals surface area contributed by atoms with Crippen LogP contribution in [0, 0.1) is 0 Å². The van der Waals surface area contributed by atoms with E-state index in [9.17, 15) is 8.78 Å². The molecule has 3 rings (SSSR count). The van der Waals surface area contributed by atoms with Crippen LogP contribution in [0.15, 0.2) is 18.3 Å². The molecule has 0 spiro atoms. The van der Waals surface area contributed by atoms with Crippen molar-refractivity contribution in [2.75, 3.05) is 18.0 Å². The lowest BCUT2D eigenvalue weighted by molar-refractivity contribution is 0.0891. The predicted molar refractivity (Wildman–Crippen MR) is 65.7 cm³/mol. The third-order valence-electron chi connectivity index (χ3n) is 3.95. The number of aromatic nitrogens is 1. The van der Waals surface area contributed by atoms with Crippen LogP contribution in [0.25, 0.3) is 0 Å². The summed E-state index contributed by atoms with van der Waals surface area (Å²) in [6, 6.07) is 3.38. The van der Waals surface area contributed by atoms with Gasteiger partial charge in [-0.25, -0.2) is 13.8 Å². The molecule has 1 saturated heterocycles. The first-order valence-corrected chi connectivity index (χ1v) is 6.42. The fourth-order valence-corrected chi connectivity index (χ4v) is 2.70. The van der Waals surface area contributed by atoms with Crippen molar-refractivity contribution in [3.8, 4) is 0 Å². The molecule has 1 aromatic rings. The molecule has 1 aromatic heterocycles. The highest BCUT2D eigenvalue weighted by atomic mass is 19.3. The van der Waals surface area contributed by atoms with Gasteiger partial charge < -0.3 is 10.6 Å². The van der Waals surface area contributed by atoms with Crippen LogP contribution in [-0.4, -0.2) is 24.0 Å².